The number of nitrogen functional groups attached to an aromatic ring is 1. The molecule has 1 aromatic heterocycles. The van der Waals surface area contributed by atoms with Crippen LogP contribution in [0.3, 0.4) is 0 Å². The lowest BCUT2D eigenvalue weighted by molar-refractivity contribution is -0.385. The molecule has 2 N–H and O–H groups in total. The maximum atomic E-state index is 11.2. The summed E-state index contributed by atoms with van der Waals surface area (Å²) in [4.78, 5) is 21.6. The molecule has 0 saturated heterocycles. The summed E-state index contributed by atoms with van der Waals surface area (Å²) in [6.07, 6.45) is 0. The van der Waals surface area contributed by atoms with Crippen molar-refractivity contribution in [2.24, 2.45) is 0 Å². The normalized spacial score (nSPS) is 9.86. The zero-order chi connectivity index (χ0) is 10.9. The number of hydrogen-bond acceptors (Lipinski definition) is 6. The number of aryl methyl sites for hydroxylation is 1. The Hall–Kier alpha value is -1.63. The standard InChI is InChI=1S/C7H8N2O4S/c1-3-5(9(11)12)4(6(8)14-3)7(10)13-2/h8H2,1-2H3. The largest absolute Gasteiger partial charge is 0.465 e. The highest BCUT2D eigenvalue weighted by Gasteiger charge is 2.29. The van der Waals surface area contributed by atoms with Gasteiger partial charge in [0.2, 0.25) is 0 Å². The van der Waals surface area contributed by atoms with Crippen LogP contribution in [0.1, 0.15) is 15.2 Å². The topological polar surface area (TPSA) is 95.5 Å². The van der Waals surface area contributed by atoms with Crippen LogP contribution in [0, 0.1) is 17.0 Å². The number of thiophene rings is 1. The third-order valence-electron chi connectivity index (χ3n) is 1.65. The molecule has 0 atom stereocenters. The number of nitrogens with zero attached hydrogens (tertiary/aromatic N) is 1. The number of nitro groups is 1. The van der Waals surface area contributed by atoms with Crippen LogP contribution in [0.15, 0.2) is 0 Å². The molecule has 1 aromatic rings. The maximum absolute atomic E-state index is 11.2. The van der Waals surface area contributed by atoms with E-state index in [1.807, 2.05) is 0 Å². The van der Waals surface area contributed by atoms with Crippen LogP contribution in [0.4, 0.5) is 10.7 Å². The first kappa shape index (κ1) is 10.5. The van der Waals surface area contributed by atoms with Crippen LogP contribution in [0.2, 0.25) is 0 Å². The zero-order valence-electron chi connectivity index (χ0n) is 7.57. The van der Waals surface area contributed by atoms with Crippen LogP contribution in [0.25, 0.3) is 0 Å². The fraction of sp³-hybridized carbons (Fsp3) is 0.286. The van der Waals surface area contributed by atoms with Gasteiger partial charge in [0.15, 0.2) is 5.56 Å². The molecular weight excluding hydrogens is 208 g/mol. The first-order valence-electron chi connectivity index (χ1n) is 3.60. The minimum Gasteiger partial charge on any atom is -0.465 e. The summed E-state index contributed by atoms with van der Waals surface area (Å²) in [5.74, 6) is -0.779. The molecule has 7 heteroatoms. The predicted molar refractivity (Wildman–Crippen MR) is 51.5 cm³/mol. The second kappa shape index (κ2) is 3.62. The van der Waals surface area contributed by atoms with Crippen molar-refractivity contribution in [2.45, 2.75) is 6.92 Å². The van der Waals surface area contributed by atoms with Gasteiger partial charge in [-0.05, 0) is 6.92 Å². The molecule has 76 valence electrons. The van der Waals surface area contributed by atoms with Crippen molar-refractivity contribution < 1.29 is 14.5 Å². The number of hydrogen-bond donors (Lipinski definition) is 1. The van der Waals surface area contributed by atoms with Crippen LogP contribution in [0.5, 0.6) is 0 Å². The summed E-state index contributed by atoms with van der Waals surface area (Å²) >= 11 is 1.00. The van der Waals surface area contributed by atoms with E-state index in [0.29, 0.717) is 4.88 Å². The molecule has 0 unspecified atom stereocenters. The highest BCUT2D eigenvalue weighted by Crippen LogP contribution is 2.36. The smallest absolute Gasteiger partial charge is 0.347 e. The average molecular weight is 216 g/mol. The Kier molecular flexibility index (Phi) is 2.70. The third-order valence-corrected chi connectivity index (χ3v) is 2.58. The molecule has 6 nitrogen and oxygen atoms in total. The molecule has 0 aliphatic rings. The molecule has 14 heavy (non-hydrogen) atoms. The first-order chi connectivity index (χ1) is 6.49. The second-order valence-electron chi connectivity index (χ2n) is 2.49. The molecule has 1 heterocycles. The van der Waals surface area contributed by atoms with Gasteiger partial charge in [-0.2, -0.15) is 0 Å². The number of carbonyl (C=O) groups excluding carboxylic acids is 1. The lowest BCUT2D eigenvalue weighted by Gasteiger charge is -1.96. The quantitative estimate of drug-likeness (QED) is 0.457. The van der Waals surface area contributed by atoms with E-state index in [2.05, 4.69) is 4.74 Å². The van der Waals surface area contributed by atoms with Gasteiger partial charge in [0, 0.05) is 0 Å². The molecule has 0 amide bonds. The zero-order valence-corrected chi connectivity index (χ0v) is 8.38. The van der Waals surface area contributed by atoms with Gasteiger partial charge >= 0.3 is 5.97 Å². The van der Waals surface area contributed by atoms with Gasteiger partial charge in [0.1, 0.15) is 5.00 Å². The molecule has 1 rings (SSSR count). The van der Waals surface area contributed by atoms with E-state index in [1.165, 1.54) is 6.92 Å². The van der Waals surface area contributed by atoms with Gasteiger partial charge in [-0.25, -0.2) is 4.79 Å². The summed E-state index contributed by atoms with van der Waals surface area (Å²) in [5, 5.41) is 10.7. The summed E-state index contributed by atoms with van der Waals surface area (Å²) in [6.45, 7) is 1.53. The number of ether oxygens (including phenoxy) is 1. The van der Waals surface area contributed by atoms with Gasteiger partial charge in [0.25, 0.3) is 5.69 Å². The monoisotopic (exact) mass is 216 g/mol. The molecule has 0 radical (unpaired) electrons. The number of carbonyl (C=O) groups is 1. The van der Waals surface area contributed by atoms with Crippen LogP contribution in [-0.4, -0.2) is 18.0 Å². The maximum Gasteiger partial charge on any atom is 0.347 e. The van der Waals surface area contributed by atoms with Crippen molar-refractivity contribution >= 4 is 28.0 Å². The molecule has 0 aromatic carbocycles. The molecule has 0 aliphatic carbocycles. The Labute approximate surface area is 83.4 Å². The van der Waals surface area contributed by atoms with Crippen molar-refractivity contribution in [3.05, 3.63) is 20.6 Å². The Morgan fingerprint density at radius 3 is 2.64 bits per heavy atom. The minimum absolute atomic E-state index is 0.112. The van der Waals surface area contributed by atoms with E-state index in [1.54, 1.807) is 0 Å². The lowest BCUT2D eigenvalue weighted by Crippen LogP contribution is -2.06. The van der Waals surface area contributed by atoms with Gasteiger partial charge in [-0.3, -0.25) is 10.1 Å². The van der Waals surface area contributed by atoms with Crippen LogP contribution in [-0.2, 0) is 4.74 Å². The highest BCUT2D eigenvalue weighted by atomic mass is 32.1. The SMILES string of the molecule is COC(=O)c1c(N)sc(C)c1[N+](=O)[O-]. The summed E-state index contributed by atoms with van der Waals surface area (Å²) in [7, 11) is 1.15. The summed E-state index contributed by atoms with van der Waals surface area (Å²) in [6, 6.07) is 0. The number of nitrogens with two attached hydrogens (primary N) is 1. The van der Waals surface area contributed by atoms with Crippen molar-refractivity contribution in [1.82, 2.24) is 0 Å². The van der Waals surface area contributed by atoms with E-state index in [-0.39, 0.29) is 16.3 Å². The van der Waals surface area contributed by atoms with E-state index in [0.717, 1.165) is 18.4 Å². The van der Waals surface area contributed by atoms with E-state index in [9.17, 15) is 14.9 Å². The number of rotatable bonds is 2. The summed E-state index contributed by atoms with van der Waals surface area (Å²) < 4.78 is 4.40. The number of esters is 1. The Bertz CT molecular complexity index is 399. The van der Waals surface area contributed by atoms with Gasteiger partial charge < -0.3 is 10.5 Å². The fourth-order valence-corrected chi connectivity index (χ4v) is 1.96. The third kappa shape index (κ3) is 1.53. The van der Waals surface area contributed by atoms with Crippen LogP contribution < -0.4 is 5.73 Å². The predicted octanol–water partition coefficient (Wildman–Crippen LogP) is 1.33. The lowest BCUT2D eigenvalue weighted by atomic mass is 10.2. The Morgan fingerprint density at radius 1 is 1.64 bits per heavy atom. The molecule has 0 bridgehead atoms. The first-order valence-corrected chi connectivity index (χ1v) is 4.42. The minimum atomic E-state index is -0.779. The van der Waals surface area contributed by atoms with Crippen molar-refractivity contribution in [2.75, 3.05) is 12.8 Å². The van der Waals surface area contributed by atoms with Gasteiger partial charge in [-0.1, -0.05) is 0 Å². The fourth-order valence-electron chi connectivity index (χ4n) is 1.08. The molecular formula is C7H8N2O4S. The van der Waals surface area contributed by atoms with Gasteiger partial charge in [0.05, 0.1) is 16.9 Å². The molecule has 0 spiro atoms. The van der Waals surface area contributed by atoms with Crippen molar-refractivity contribution in [3.8, 4) is 0 Å². The molecule has 0 saturated carbocycles. The summed E-state index contributed by atoms with van der Waals surface area (Å²) in [5.41, 5.74) is 5.05. The van der Waals surface area contributed by atoms with Crippen LogP contribution >= 0.6 is 11.3 Å². The Morgan fingerprint density at radius 2 is 2.21 bits per heavy atom. The van der Waals surface area contributed by atoms with E-state index < -0.39 is 10.9 Å². The molecule has 0 fully saturated rings. The Balaban J connectivity index is 3.39. The second-order valence-corrected chi connectivity index (χ2v) is 3.75. The van der Waals surface area contributed by atoms with Crippen molar-refractivity contribution in [3.63, 3.8) is 0 Å². The average Bonchev–Trinajstić information content (AvgIpc) is 2.39. The highest BCUT2D eigenvalue weighted by molar-refractivity contribution is 7.16. The number of anilines is 1. The molecule has 0 aliphatic heterocycles. The van der Waals surface area contributed by atoms with E-state index >= 15 is 0 Å². The van der Waals surface area contributed by atoms with Gasteiger partial charge in [-0.15, -0.1) is 11.3 Å². The van der Waals surface area contributed by atoms with E-state index in [4.69, 9.17) is 5.73 Å². The van der Waals surface area contributed by atoms with Crippen molar-refractivity contribution in [1.29, 1.82) is 0 Å². The number of methoxy groups -OCH3 is 1.